The number of hydrogen-bond acceptors (Lipinski definition) is 6. The van der Waals surface area contributed by atoms with Gasteiger partial charge in [0.2, 0.25) is 0 Å². The lowest BCUT2D eigenvalue weighted by Gasteiger charge is -2.28. The number of carbonyl (C=O) groups is 2. The Kier molecular flexibility index (Phi) is 6.75. The fourth-order valence-electron chi connectivity index (χ4n) is 2.19. The van der Waals surface area contributed by atoms with Gasteiger partial charge >= 0.3 is 13.6 Å². The first-order chi connectivity index (χ1) is 10.0. The number of carbonyl (C=O) groups excluding carboxylic acids is 2. The molecule has 0 N–H and O–H groups in total. The lowest BCUT2D eigenvalue weighted by atomic mass is 9.92. The Bertz CT molecular complexity index is 507. The lowest BCUT2D eigenvalue weighted by molar-refractivity contribution is -0.141. The molecule has 116 valence electrons. The third kappa shape index (κ3) is 4.00. The number of aldehydes is 1. The van der Waals surface area contributed by atoms with Crippen molar-refractivity contribution in [2.45, 2.75) is 18.0 Å². The topological polar surface area (TPSA) is 78.9 Å². The largest absolute Gasteiger partial charge is 0.468 e. The maximum Gasteiger partial charge on any atom is 0.345 e. The van der Waals surface area contributed by atoms with Crippen LogP contribution in [0.1, 0.15) is 17.9 Å². The first kappa shape index (κ1) is 17.6. The smallest absolute Gasteiger partial charge is 0.345 e. The molecule has 1 aromatic rings. The molecule has 1 unspecified atom stereocenters. The summed E-state index contributed by atoms with van der Waals surface area (Å²) in [6, 6.07) is 8.85. The number of benzene rings is 1. The molecule has 1 aromatic carbocycles. The summed E-state index contributed by atoms with van der Waals surface area (Å²) < 4.78 is 27.3. The van der Waals surface area contributed by atoms with Gasteiger partial charge in [-0.3, -0.25) is 9.36 Å². The van der Waals surface area contributed by atoms with Crippen LogP contribution in [0.2, 0.25) is 0 Å². The summed E-state index contributed by atoms with van der Waals surface area (Å²) in [5, 5.41) is 0. The zero-order chi connectivity index (χ0) is 15.9. The van der Waals surface area contributed by atoms with Crippen LogP contribution in [-0.4, -0.2) is 39.2 Å². The second kappa shape index (κ2) is 8.08. The summed E-state index contributed by atoms with van der Waals surface area (Å²) in [6.45, 7) is 0. The van der Waals surface area contributed by atoms with E-state index in [2.05, 4.69) is 0 Å². The van der Waals surface area contributed by atoms with Gasteiger partial charge in [0, 0.05) is 26.6 Å². The van der Waals surface area contributed by atoms with Crippen molar-refractivity contribution in [2.75, 3.05) is 21.3 Å². The van der Waals surface area contributed by atoms with Crippen molar-refractivity contribution >= 4 is 19.9 Å². The van der Waals surface area contributed by atoms with Crippen LogP contribution in [0.15, 0.2) is 30.3 Å². The van der Waals surface area contributed by atoms with Gasteiger partial charge in [-0.2, -0.15) is 0 Å². The van der Waals surface area contributed by atoms with Crippen molar-refractivity contribution in [1.29, 1.82) is 0 Å². The van der Waals surface area contributed by atoms with Gasteiger partial charge in [-0.05, 0) is 5.56 Å². The monoisotopic (exact) mass is 314 g/mol. The van der Waals surface area contributed by atoms with E-state index in [0.29, 0.717) is 11.8 Å². The minimum atomic E-state index is -3.75. The molecular weight excluding hydrogens is 295 g/mol. The summed E-state index contributed by atoms with van der Waals surface area (Å²) >= 11 is 0. The molecule has 7 heteroatoms. The first-order valence-corrected chi connectivity index (χ1v) is 7.92. The highest BCUT2D eigenvalue weighted by Crippen LogP contribution is 2.57. The van der Waals surface area contributed by atoms with Crippen molar-refractivity contribution in [1.82, 2.24) is 0 Å². The summed E-state index contributed by atoms with van der Waals surface area (Å²) in [6.07, 6.45) is 0.670. The standard InChI is InChI=1S/C14H19O6P/c1-18-14(16)13(21(17,19-2)20-3)12(9-10-15)11-7-5-4-6-8-11/h4-8,10,12-13H,9H2,1-3H3/t12-,13?/m0/s1. The van der Waals surface area contributed by atoms with Crippen LogP contribution in [0.4, 0.5) is 0 Å². The Labute approximate surface area is 123 Å². The molecule has 1 rings (SSSR count). The number of rotatable bonds is 8. The number of esters is 1. The first-order valence-electron chi connectivity index (χ1n) is 6.31. The van der Waals surface area contributed by atoms with Gasteiger partial charge in [0.25, 0.3) is 0 Å². The van der Waals surface area contributed by atoms with Gasteiger partial charge in [-0.1, -0.05) is 30.3 Å². The van der Waals surface area contributed by atoms with Gasteiger partial charge < -0.3 is 18.6 Å². The van der Waals surface area contributed by atoms with Crippen molar-refractivity contribution in [3.63, 3.8) is 0 Å². The zero-order valence-corrected chi connectivity index (χ0v) is 13.1. The molecule has 21 heavy (non-hydrogen) atoms. The van der Waals surface area contributed by atoms with E-state index in [1.165, 1.54) is 21.3 Å². The summed E-state index contributed by atoms with van der Waals surface area (Å²) in [7, 11) is -0.165. The Morgan fingerprint density at radius 1 is 1.19 bits per heavy atom. The Morgan fingerprint density at radius 2 is 1.76 bits per heavy atom. The van der Waals surface area contributed by atoms with Crippen LogP contribution in [-0.2, 0) is 27.9 Å². The average molecular weight is 314 g/mol. The van der Waals surface area contributed by atoms with E-state index < -0.39 is 25.1 Å². The average Bonchev–Trinajstić information content (AvgIpc) is 2.54. The summed E-state index contributed by atoms with van der Waals surface area (Å²) in [5.74, 6) is -1.39. The highest BCUT2D eigenvalue weighted by Gasteiger charge is 2.46. The van der Waals surface area contributed by atoms with Gasteiger partial charge in [-0.15, -0.1) is 0 Å². The molecule has 0 bridgehead atoms. The fraction of sp³-hybridized carbons (Fsp3) is 0.429. The minimum Gasteiger partial charge on any atom is -0.468 e. The second-order valence-corrected chi connectivity index (χ2v) is 6.66. The van der Waals surface area contributed by atoms with Crippen LogP contribution in [0.3, 0.4) is 0 Å². The number of methoxy groups -OCH3 is 1. The molecule has 0 spiro atoms. The van der Waals surface area contributed by atoms with Crippen LogP contribution >= 0.6 is 7.60 Å². The van der Waals surface area contributed by atoms with Crippen molar-refractivity contribution in [3.8, 4) is 0 Å². The number of ether oxygens (including phenoxy) is 1. The van der Waals surface area contributed by atoms with Gasteiger partial charge in [0.15, 0.2) is 5.66 Å². The maximum absolute atomic E-state index is 12.7. The van der Waals surface area contributed by atoms with Crippen LogP contribution in [0.25, 0.3) is 0 Å². The molecule has 0 saturated heterocycles. The predicted molar refractivity (Wildman–Crippen MR) is 77.3 cm³/mol. The van der Waals surface area contributed by atoms with E-state index in [0.717, 1.165) is 0 Å². The quantitative estimate of drug-likeness (QED) is 0.416. The third-order valence-corrected chi connectivity index (χ3v) is 5.52. The normalized spacial score (nSPS) is 14.2. The SMILES string of the molecule is COC(=O)C([C@@H](CC=O)c1ccccc1)P(=O)(OC)OC. The van der Waals surface area contributed by atoms with E-state index in [-0.39, 0.29) is 6.42 Å². The van der Waals surface area contributed by atoms with Crippen molar-refractivity contribution < 1.29 is 27.9 Å². The summed E-state index contributed by atoms with van der Waals surface area (Å²) in [5.41, 5.74) is -0.514. The third-order valence-electron chi connectivity index (χ3n) is 3.25. The minimum absolute atomic E-state index is 0.000486. The number of hydrogen-bond donors (Lipinski definition) is 0. The molecule has 6 nitrogen and oxygen atoms in total. The highest BCUT2D eigenvalue weighted by atomic mass is 31.2. The molecule has 2 atom stereocenters. The molecule has 0 heterocycles. The van der Waals surface area contributed by atoms with Crippen LogP contribution in [0, 0.1) is 0 Å². The highest BCUT2D eigenvalue weighted by molar-refractivity contribution is 7.55. The van der Waals surface area contributed by atoms with E-state index in [1.54, 1.807) is 30.3 Å². The molecule has 0 saturated carbocycles. The van der Waals surface area contributed by atoms with Crippen molar-refractivity contribution in [3.05, 3.63) is 35.9 Å². The maximum atomic E-state index is 12.7. The molecule has 0 aliphatic heterocycles. The van der Waals surface area contributed by atoms with Gasteiger partial charge in [-0.25, -0.2) is 0 Å². The Morgan fingerprint density at radius 3 is 2.19 bits per heavy atom. The van der Waals surface area contributed by atoms with Crippen LogP contribution in [0.5, 0.6) is 0 Å². The Hall–Kier alpha value is -1.49. The van der Waals surface area contributed by atoms with Crippen LogP contribution < -0.4 is 0 Å². The van der Waals surface area contributed by atoms with E-state index in [4.69, 9.17) is 13.8 Å². The zero-order valence-electron chi connectivity index (χ0n) is 12.2. The summed E-state index contributed by atoms with van der Waals surface area (Å²) in [4.78, 5) is 23.1. The lowest BCUT2D eigenvalue weighted by Crippen LogP contribution is -2.31. The van der Waals surface area contributed by atoms with E-state index >= 15 is 0 Å². The molecule has 0 amide bonds. The van der Waals surface area contributed by atoms with E-state index in [1.807, 2.05) is 0 Å². The predicted octanol–water partition coefficient (Wildman–Crippen LogP) is 2.39. The van der Waals surface area contributed by atoms with E-state index in [9.17, 15) is 14.2 Å². The van der Waals surface area contributed by atoms with Crippen molar-refractivity contribution in [2.24, 2.45) is 0 Å². The molecular formula is C14H19O6P. The Balaban J connectivity index is 3.35. The molecule has 0 fully saturated rings. The van der Waals surface area contributed by atoms with Gasteiger partial charge in [0.1, 0.15) is 6.29 Å². The molecule has 0 radical (unpaired) electrons. The van der Waals surface area contributed by atoms with Gasteiger partial charge in [0.05, 0.1) is 7.11 Å². The molecule has 0 aliphatic carbocycles. The molecule has 0 aliphatic rings. The molecule has 0 aromatic heterocycles. The fourth-order valence-corrected chi connectivity index (χ4v) is 3.89. The second-order valence-electron chi connectivity index (χ2n) is 4.29.